The fourth-order valence-electron chi connectivity index (χ4n) is 1.09. The lowest BCUT2D eigenvalue weighted by Gasteiger charge is -2.02. The van der Waals surface area contributed by atoms with Crippen molar-refractivity contribution < 1.29 is 4.79 Å². The van der Waals surface area contributed by atoms with Crippen LogP contribution in [0.2, 0.25) is 10.3 Å². The summed E-state index contributed by atoms with van der Waals surface area (Å²) in [4.78, 5) is 10.9. The van der Waals surface area contributed by atoms with Gasteiger partial charge in [0.2, 0.25) is 0 Å². The number of rotatable bonds is 2. The first kappa shape index (κ1) is 10.8. The Hall–Kier alpha value is -1.66. The second-order valence-electron chi connectivity index (χ2n) is 2.85. The van der Waals surface area contributed by atoms with Gasteiger partial charge >= 0.3 is 0 Å². The highest BCUT2D eigenvalue weighted by molar-refractivity contribution is 6.32. The summed E-state index contributed by atoms with van der Waals surface area (Å²) < 4.78 is 1.35. The van der Waals surface area contributed by atoms with Gasteiger partial charge in [-0.25, -0.2) is 4.68 Å². The Bertz CT molecular complexity index is 553. The lowest BCUT2D eigenvalue weighted by atomic mass is 10.4. The third-order valence-electron chi connectivity index (χ3n) is 1.79. The van der Waals surface area contributed by atoms with E-state index in [0.717, 1.165) is 0 Å². The van der Waals surface area contributed by atoms with Crippen LogP contribution in [-0.2, 0) is 0 Å². The summed E-state index contributed by atoms with van der Waals surface area (Å²) >= 11 is 11.5. The standard InChI is InChI=1S/C8H5Cl2N5O/c9-6-3-5(7(10)13-12-6)15-2-1-4(14-15)8(11)16/h1-3H,(H2,11,16). The molecule has 0 aromatic carbocycles. The highest BCUT2D eigenvalue weighted by Gasteiger charge is 2.10. The molecule has 0 aliphatic heterocycles. The van der Waals surface area contributed by atoms with Crippen molar-refractivity contribution in [2.24, 2.45) is 5.73 Å². The fraction of sp³-hybridized carbons (Fsp3) is 0. The summed E-state index contributed by atoms with van der Waals surface area (Å²) in [7, 11) is 0. The lowest BCUT2D eigenvalue weighted by molar-refractivity contribution is 0.0995. The van der Waals surface area contributed by atoms with Gasteiger partial charge in [0.25, 0.3) is 5.91 Å². The first-order valence-electron chi connectivity index (χ1n) is 4.12. The van der Waals surface area contributed by atoms with E-state index in [-0.39, 0.29) is 16.0 Å². The number of carbonyl (C=O) groups excluding carboxylic acids is 1. The molecular weight excluding hydrogens is 253 g/mol. The van der Waals surface area contributed by atoms with E-state index < -0.39 is 5.91 Å². The summed E-state index contributed by atoms with van der Waals surface area (Å²) in [5.74, 6) is -0.622. The van der Waals surface area contributed by atoms with Gasteiger partial charge in [0.1, 0.15) is 11.4 Å². The van der Waals surface area contributed by atoms with Crippen LogP contribution in [0.25, 0.3) is 5.69 Å². The van der Waals surface area contributed by atoms with Crippen LogP contribution in [0.1, 0.15) is 10.5 Å². The van der Waals surface area contributed by atoms with Crippen LogP contribution >= 0.6 is 23.2 Å². The van der Waals surface area contributed by atoms with Gasteiger partial charge < -0.3 is 5.73 Å². The molecule has 6 nitrogen and oxygen atoms in total. The van der Waals surface area contributed by atoms with Crippen molar-refractivity contribution in [2.45, 2.75) is 0 Å². The number of nitrogens with zero attached hydrogens (tertiary/aromatic N) is 4. The molecule has 0 spiro atoms. The molecule has 0 saturated heterocycles. The SMILES string of the molecule is NC(=O)c1ccn(-c2cc(Cl)nnc2Cl)n1. The van der Waals surface area contributed by atoms with E-state index in [9.17, 15) is 4.79 Å². The largest absolute Gasteiger partial charge is 0.364 e. The van der Waals surface area contributed by atoms with Crippen molar-refractivity contribution in [2.75, 3.05) is 0 Å². The Morgan fingerprint density at radius 2 is 2.12 bits per heavy atom. The van der Waals surface area contributed by atoms with Crippen LogP contribution < -0.4 is 5.73 Å². The topological polar surface area (TPSA) is 86.7 Å². The van der Waals surface area contributed by atoms with Gasteiger partial charge in [0.05, 0.1) is 0 Å². The van der Waals surface area contributed by atoms with Crippen molar-refractivity contribution in [1.29, 1.82) is 0 Å². The number of hydrogen-bond acceptors (Lipinski definition) is 4. The molecule has 2 aromatic rings. The van der Waals surface area contributed by atoms with E-state index in [1.54, 1.807) is 0 Å². The Morgan fingerprint density at radius 3 is 2.75 bits per heavy atom. The van der Waals surface area contributed by atoms with Crippen molar-refractivity contribution in [1.82, 2.24) is 20.0 Å². The zero-order valence-electron chi connectivity index (χ0n) is 7.76. The zero-order valence-corrected chi connectivity index (χ0v) is 9.27. The number of aromatic nitrogens is 4. The molecule has 0 atom stereocenters. The predicted molar refractivity (Wildman–Crippen MR) is 57.7 cm³/mol. The van der Waals surface area contributed by atoms with Crippen LogP contribution in [0.5, 0.6) is 0 Å². The maximum Gasteiger partial charge on any atom is 0.269 e. The quantitative estimate of drug-likeness (QED) is 0.872. The Labute approximate surface area is 100.0 Å². The third kappa shape index (κ3) is 1.98. The number of primary amides is 1. The average Bonchev–Trinajstić information content (AvgIpc) is 2.70. The first-order chi connectivity index (χ1) is 7.58. The molecule has 2 heterocycles. The van der Waals surface area contributed by atoms with Crippen molar-refractivity contribution in [3.63, 3.8) is 0 Å². The van der Waals surface area contributed by atoms with Crippen LogP contribution in [-0.4, -0.2) is 25.9 Å². The summed E-state index contributed by atoms with van der Waals surface area (Å²) in [5.41, 5.74) is 5.63. The second kappa shape index (κ2) is 4.07. The number of hydrogen-bond donors (Lipinski definition) is 1. The normalized spacial score (nSPS) is 10.4. The Balaban J connectivity index is 2.50. The molecule has 16 heavy (non-hydrogen) atoms. The van der Waals surface area contributed by atoms with E-state index in [2.05, 4.69) is 15.3 Å². The average molecular weight is 258 g/mol. The molecule has 0 aliphatic rings. The molecule has 0 fully saturated rings. The van der Waals surface area contributed by atoms with Crippen LogP contribution in [0, 0.1) is 0 Å². The van der Waals surface area contributed by atoms with Gasteiger partial charge in [-0.15, -0.1) is 10.2 Å². The summed E-state index contributed by atoms with van der Waals surface area (Å²) in [6.45, 7) is 0. The molecule has 2 N–H and O–H groups in total. The molecule has 1 amide bonds. The van der Waals surface area contributed by atoms with E-state index in [1.807, 2.05) is 0 Å². The van der Waals surface area contributed by atoms with E-state index >= 15 is 0 Å². The fourth-order valence-corrected chi connectivity index (χ4v) is 1.41. The number of amides is 1. The predicted octanol–water partition coefficient (Wildman–Crippen LogP) is 1.07. The van der Waals surface area contributed by atoms with E-state index in [4.69, 9.17) is 28.9 Å². The molecule has 0 unspecified atom stereocenters. The molecule has 2 rings (SSSR count). The summed E-state index contributed by atoms with van der Waals surface area (Å²) in [6, 6.07) is 2.95. The molecule has 0 radical (unpaired) electrons. The van der Waals surface area contributed by atoms with Gasteiger partial charge in [-0.2, -0.15) is 5.10 Å². The molecule has 0 aliphatic carbocycles. The first-order valence-corrected chi connectivity index (χ1v) is 4.88. The van der Waals surface area contributed by atoms with Crippen LogP contribution in [0.15, 0.2) is 18.3 Å². The minimum absolute atomic E-state index is 0.128. The maximum absolute atomic E-state index is 10.9. The van der Waals surface area contributed by atoms with Gasteiger partial charge in [-0.1, -0.05) is 23.2 Å². The molecule has 0 bridgehead atoms. The molecular formula is C8H5Cl2N5O. The molecule has 8 heteroatoms. The van der Waals surface area contributed by atoms with Crippen molar-refractivity contribution >= 4 is 29.1 Å². The molecule has 82 valence electrons. The van der Waals surface area contributed by atoms with Gasteiger partial charge in [0.15, 0.2) is 10.3 Å². The van der Waals surface area contributed by atoms with Crippen molar-refractivity contribution in [3.8, 4) is 5.69 Å². The molecule has 0 saturated carbocycles. The van der Waals surface area contributed by atoms with Crippen LogP contribution in [0.3, 0.4) is 0 Å². The Kier molecular flexibility index (Phi) is 2.76. The second-order valence-corrected chi connectivity index (χ2v) is 3.60. The van der Waals surface area contributed by atoms with Gasteiger partial charge in [-0.3, -0.25) is 4.79 Å². The molecule has 2 aromatic heterocycles. The van der Waals surface area contributed by atoms with Gasteiger partial charge in [-0.05, 0) is 6.07 Å². The van der Waals surface area contributed by atoms with Crippen molar-refractivity contribution in [3.05, 3.63) is 34.3 Å². The van der Waals surface area contributed by atoms with Crippen LogP contribution in [0.4, 0.5) is 0 Å². The monoisotopic (exact) mass is 257 g/mol. The highest BCUT2D eigenvalue weighted by Crippen LogP contribution is 2.19. The van der Waals surface area contributed by atoms with E-state index in [1.165, 1.54) is 23.0 Å². The number of carbonyl (C=O) groups is 1. The summed E-state index contributed by atoms with van der Waals surface area (Å²) in [6.07, 6.45) is 1.53. The number of halogens is 2. The van der Waals surface area contributed by atoms with Gasteiger partial charge in [0, 0.05) is 12.3 Å². The Morgan fingerprint density at radius 1 is 1.38 bits per heavy atom. The minimum Gasteiger partial charge on any atom is -0.364 e. The zero-order chi connectivity index (χ0) is 11.7. The highest BCUT2D eigenvalue weighted by atomic mass is 35.5. The lowest BCUT2D eigenvalue weighted by Crippen LogP contribution is -2.12. The summed E-state index contributed by atoms with van der Waals surface area (Å²) in [5, 5.41) is 11.4. The third-order valence-corrected chi connectivity index (χ3v) is 2.24. The van der Waals surface area contributed by atoms with E-state index in [0.29, 0.717) is 5.69 Å². The smallest absolute Gasteiger partial charge is 0.269 e. The maximum atomic E-state index is 10.9. The number of nitrogens with two attached hydrogens (primary N) is 1. The minimum atomic E-state index is -0.622.